The Bertz CT molecular complexity index is 905. The van der Waals surface area contributed by atoms with Gasteiger partial charge in [0.25, 0.3) is 11.8 Å². The number of amides is 3. The maximum Gasteiger partial charge on any atom is 0.286 e. The van der Waals surface area contributed by atoms with Crippen molar-refractivity contribution < 1.29 is 23.5 Å². The second kappa shape index (κ2) is 9.02. The summed E-state index contributed by atoms with van der Waals surface area (Å²) in [6, 6.07) is 10.4. The SMILES string of the molecule is O=C(NCCC(=O)N1C[C@H](C(=O)N2CCCCC2)Oc2ccccc21)c1ccco1. The van der Waals surface area contributed by atoms with Crippen LogP contribution >= 0.6 is 0 Å². The Hall–Kier alpha value is -3.29. The summed E-state index contributed by atoms with van der Waals surface area (Å²) < 4.78 is 11.0. The van der Waals surface area contributed by atoms with Gasteiger partial charge in [0.05, 0.1) is 18.5 Å². The van der Waals surface area contributed by atoms with E-state index >= 15 is 0 Å². The number of fused-ring (bicyclic) bond motifs is 1. The minimum atomic E-state index is -0.723. The second-order valence-corrected chi connectivity index (χ2v) is 7.45. The van der Waals surface area contributed by atoms with Crippen LogP contribution in [0, 0.1) is 0 Å². The highest BCUT2D eigenvalue weighted by atomic mass is 16.5. The van der Waals surface area contributed by atoms with Crippen molar-refractivity contribution in [2.75, 3.05) is 31.1 Å². The molecule has 1 saturated heterocycles. The molecule has 0 radical (unpaired) electrons. The Kier molecular flexibility index (Phi) is 6.02. The number of carbonyl (C=O) groups excluding carboxylic acids is 3. The van der Waals surface area contributed by atoms with Crippen molar-refractivity contribution in [2.45, 2.75) is 31.8 Å². The number of hydrogen-bond acceptors (Lipinski definition) is 5. The summed E-state index contributed by atoms with van der Waals surface area (Å²) in [6.45, 7) is 1.79. The van der Waals surface area contributed by atoms with Gasteiger partial charge >= 0.3 is 0 Å². The first-order valence-electron chi connectivity index (χ1n) is 10.3. The van der Waals surface area contributed by atoms with Gasteiger partial charge in [0, 0.05) is 26.1 Å². The van der Waals surface area contributed by atoms with E-state index in [1.54, 1.807) is 29.2 Å². The van der Waals surface area contributed by atoms with Crippen LogP contribution in [0.5, 0.6) is 5.75 Å². The van der Waals surface area contributed by atoms with Crippen LogP contribution in [0.3, 0.4) is 0 Å². The molecule has 0 bridgehead atoms. The molecule has 8 heteroatoms. The predicted molar refractivity (Wildman–Crippen MR) is 109 cm³/mol. The molecule has 4 rings (SSSR count). The Balaban J connectivity index is 1.42. The summed E-state index contributed by atoms with van der Waals surface area (Å²) in [4.78, 5) is 41.3. The first kappa shape index (κ1) is 20.0. The van der Waals surface area contributed by atoms with Crippen LogP contribution < -0.4 is 15.0 Å². The minimum Gasteiger partial charge on any atom is -0.476 e. The van der Waals surface area contributed by atoms with Crippen molar-refractivity contribution >= 4 is 23.4 Å². The van der Waals surface area contributed by atoms with Crippen molar-refractivity contribution in [3.8, 4) is 5.75 Å². The molecule has 30 heavy (non-hydrogen) atoms. The number of hydrogen-bond donors (Lipinski definition) is 1. The van der Waals surface area contributed by atoms with Gasteiger partial charge in [-0.3, -0.25) is 14.4 Å². The molecule has 3 amide bonds. The number of likely N-dealkylation sites (tertiary alicyclic amines) is 1. The number of ether oxygens (including phenoxy) is 1. The van der Waals surface area contributed by atoms with E-state index in [2.05, 4.69) is 5.32 Å². The quantitative estimate of drug-likeness (QED) is 0.814. The molecule has 2 aliphatic heterocycles. The lowest BCUT2D eigenvalue weighted by Crippen LogP contribution is -2.53. The van der Waals surface area contributed by atoms with Gasteiger partial charge < -0.3 is 24.3 Å². The first-order valence-corrected chi connectivity index (χ1v) is 10.3. The molecular formula is C22H25N3O5. The molecule has 1 atom stereocenters. The molecule has 1 N–H and O–H groups in total. The Morgan fingerprint density at radius 1 is 1.03 bits per heavy atom. The normalized spacial score (nSPS) is 18.3. The number of piperidine rings is 1. The molecule has 8 nitrogen and oxygen atoms in total. The molecule has 1 aromatic heterocycles. The lowest BCUT2D eigenvalue weighted by Gasteiger charge is -2.37. The van der Waals surface area contributed by atoms with E-state index in [1.807, 2.05) is 17.0 Å². The van der Waals surface area contributed by atoms with Crippen LogP contribution in [0.15, 0.2) is 47.1 Å². The van der Waals surface area contributed by atoms with Gasteiger partial charge in [-0.05, 0) is 43.5 Å². The summed E-state index contributed by atoms with van der Waals surface area (Å²) in [5.74, 6) is 0.0989. The number of nitrogens with one attached hydrogen (secondary N) is 1. The van der Waals surface area contributed by atoms with Gasteiger partial charge in [-0.1, -0.05) is 12.1 Å². The molecule has 0 aliphatic carbocycles. The highest BCUT2D eigenvalue weighted by Crippen LogP contribution is 2.34. The van der Waals surface area contributed by atoms with Crippen LogP contribution in [0.1, 0.15) is 36.2 Å². The topological polar surface area (TPSA) is 92.1 Å². The molecule has 0 saturated carbocycles. The summed E-state index contributed by atoms with van der Waals surface area (Å²) in [5.41, 5.74) is 0.641. The molecule has 2 aliphatic rings. The number of furan rings is 1. The van der Waals surface area contributed by atoms with Gasteiger partial charge in [0.15, 0.2) is 11.9 Å². The van der Waals surface area contributed by atoms with E-state index in [-0.39, 0.29) is 43.0 Å². The van der Waals surface area contributed by atoms with Gasteiger partial charge in [0.2, 0.25) is 5.91 Å². The summed E-state index contributed by atoms with van der Waals surface area (Å²) in [6.07, 6.45) is 3.92. The zero-order chi connectivity index (χ0) is 20.9. The van der Waals surface area contributed by atoms with Crippen LogP contribution in [0.25, 0.3) is 0 Å². The first-order chi connectivity index (χ1) is 14.6. The fourth-order valence-corrected chi connectivity index (χ4v) is 3.83. The van der Waals surface area contributed by atoms with Crippen LogP contribution in [0.4, 0.5) is 5.69 Å². The third kappa shape index (κ3) is 4.32. The molecule has 1 aromatic carbocycles. The van der Waals surface area contributed by atoms with E-state index in [0.717, 1.165) is 32.4 Å². The van der Waals surface area contributed by atoms with E-state index < -0.39 is 6.10 Å². The van der Waals surface area contributed by atoms with E-state index in [0.29, 0.717) is 11.4 Å². The van der Waals surface area contributed by atoms with Crippen molar-refractivity contribution in [1.29, 1.82) is 0 Å². The maximum atomic E-state index is 13.0. The lowest BCUT2D eigenvalue weighted by molar-refractivity contribution is -0.139. The van der Waals surface area contributed by atoms with E-state index in [1.165, 1.54) is 6.26 Å². The summed E-state index contributed by atoms with van der Waals surface area (Å²) in [5, 5.41) is 2.68. The molecule has 2 aromatic rings. The number of carbonyl (C=O) groups is 3. The van der Waals surface area contributed by atoms with Crippen molar-refractivity contribution in [3.05, 3.63) is 48.4 Å². The third-order valence-electron chi connectivity index (χ3n) is 5.39. The lowest BCUT2D eigenvalue weighted by atomic mass is 10.1. The minimum absolute atomic E-state index is 0.0758. The maximum absolute atomic E-state index is 13.0. The summed E-state index contributed by atoms with van der Waals surface area (Å²) >= 11 is 0. The largest absolute Gasteiger partial charge is 0.476 e. The molecular weight excluding hydrogens is 386 g/mol. The second-order valence-electron chi connectivity index (χ2n) is 7.45. The Labute approximate surface area is 174 Å². The highest BCUT2D eigenvalue weighted by Gasteiger charge is 2.36. The van der Waals surface area contributed by atoms with Gasteiger partial charge in [-0.25, -0.2) is 0 Å². The van der Waals surface area contributed by atoms with E-state index in [4.69, 9.17) is 9.15 Å². The number of anilines is 1. The van der Waals surface area contributed by atoms with Gasteiger partial charge in [-0.2, -0.15) is 0 Å². The third-order valence-corrected chi connectivity index (χ3v) is 5.39. The number of rotatable bonds is 5. The fourth-order valence-electron chi connectivity index (χ4n) is 3.83. The zero-order valence-electron chi connectivity index (χ0n) is 16.7. The van der Waals surface area contributed by atoms with E-state index in [9.17, 15) is 14.4 Å². The smallest absolute Gasteiger partial charge is 0.286 e. The molecule has 3 heterocycles. The Morgan fingerprint density at radius 2 is 1.83 bits per heavy atom. The number of benzene rings is 1. The molecule has 1 fully saturated rings. The summed E-state index contributed by atoms with van der Waals surface area (Å²) in [7, 11) is 0. The predicted octanol–water partition coefficient (Wildman–Crippen LogP) is 2.21. The molecule has 0 spiro atoms. The van der Waals surface area contributed by atoms with Crippen molar-refractivity contribution in [2.24, 2.45) is 0 Å². The monoisotopic (exact) mass is 411 g/mol. The fraction of sp³-hybridized carbons (Fsp3) is 0.409. The number of nitrogens with zero attached hydrogens (tertiary/aromatic N) is 2. The van der Waals surface area contributed by atoms with Crippen molar-refractivity contribution in [3.63, 3.8) is 0 Å². The average Bonchev–Trinajstić information content (AvgIpc) is 3.33. The number of para-hydroxylation sites is 2. The van der Waals surface area contributed by atoms with Crippen LogP contribution in [0.2, 0.25) is 0 Å². The average molecular weight is 411 g/mol. The van der Waals surface area contributed by atoms with Gasteiger partial charge in [0.1, 0.15) is 5.75 Å². The van der Waals surface area contributed by atoms with Crippen molar-refractivity contribution in [1.82, 2.24) is 10.2 Å². The highest BCUT2D eigenvalue weighted by molar-refractivity contribution is 5.98. The zero-order valence-corrected chi connectivity index (χ0v) is 16.7. The van der Waals surface area contributed by atoms with Gasteiger partial charge in [-0.15, -0.1) is 0 Å². The standard InChI is InChI=1S/C22H25N3O5/c26-20(10-11-23-21(27)18-9-6-14-29-18)25-15-19(22(28)24-12-4-1-5-13-24)30-17-8-3-2-7-16(17)25/h2-3,6-9,14,19H,1,4-5,10-13,15H2,(H,23,27)/t19-/m1/s1. The van der Waals surface area contributed by atoms with Crippen LogP contribution in [-0.2, 0) is 9.59 Å². The molecule has 0 unspecified atom stereocenters. The molecule has 158 valence electrons. The van der Waals surface area contributed by atoms with Crippen LogP contribution in [-0.4, -0.2) is 54.9 Å². The Morgan fingerprint density at radius 3 is 2.60 bits per heavy atom.